The van der Waals surface area contributed by atoms with Crippen LogP contribution < -0.4 is 0 Å². The van der Waals surface area contributed by atoms with E-state index in [9.17, 15) is 4.39 Å². The zero-order chi connectivity index (χ0) is 13.6. The number of benzene rings is 1. The van der Waals surface area contributed by atoms with Gasteiger partial charge in [0.2, 0.25) is 0 Å². The van der Waals surface area contributed by atoms with Gasteiger partial charge in [0.05, 0.1) is 20.7 Å². The maximum atomic E-state index is 13.3. The van der Waals surface area contributed by atoms with E-state index in [1.807, 2.05) is 0 Å². The molecule has 0 saturated carbocycles. The van der Waals surface area contributed by atoms with Gasteiger partial charge in [-0.3, -0.25) is 4.57 Å². The van der Waals surface area contributed by atoms with Crippen LogP contribution in [0.3, 0.4) is 0 Å². The lowest BCUT2D eigenvalue weighted by Crippen LogP contribution is -1.96. The SMILES string of the molecule is Fc1ccc(-n2c(=S)[nH]c3cc(Cl)cnc32)cc1Br. The van der Waals surface area contributed by atoms with E-state index >= 15 is 0 Å². The first-order chi connectivity index (χ1) is 9.06. The Kier molecular flexibility index (Phi) is 3.16. The van der Waals surface area contributed by atoms with Crippen LogP contribution in [0.4, 0.5) is 4.39 Å². The Morgan fingerprint density at radius 2 is 2.16 bits per heavy atom. The number of hydrogen-bond donors (Lipinski definition) is 1. The predicted octanol–water partition coefficient (Wildman–Crippen LogP) is 4.64. The molecule has 2 heterocycles. The number of aromatic amines is 1. The van der Waals surface area contributed by atoms with E-state index in [1.165, 1.54) is 6.07 Å². The number of rotatable bonds is 1. The van der Waals surface area contributed by atoms with E-state index in [0.29, 0.717) is 19.9 Å². The molecule has 7 heteroatoms. The highest BCUT2D eigenvalue weighted by Crippen LogP contribution is 2.24. The van der Waals surface area contributed by atoms with Crippen molar-refractivity contribution in [2.45, 2.75) is 0 Å². The lowest BCUT2D eigenvalue weighted by molar-refractivity contribution is 0.620. The predicted molar refractivity (Wildman–Crippen MR) is 78.9 cm³/mol. The summed E-state index contributed by atoms with van der Waals surface area (Å²) in [5.74, 6) is -0.328. The molecule has 3 aromatic rings. The molecule has 0 fully saturated rings. The molecule has 0 aliphatic heterocycles. The van der Waals surface area contributed by atoms with Crippen LogP contribution in [-0.2, 0) is 0 Å². The van der Waals surface area contributed by atoms with Gasteiger partial charge in [-0.15, -0.1) is 0 Å². The Labute approximate surface area is 126 Å². The molecule has 96 valence electrons. The third-order valence-electron chi connectivity index (χ3n) is 2.65. The summed E-state index contributed by atoms with van der Waals surface area (Å²) in [6, 6.07) is 6.40. The molecule has 0 bridgehead atoms. The summed E-state index contributed by atoms with van der Waals surface area (Å²) in [5.41, 5.74) is 2.10. The van der Waals surface area contributed by atoms with Gasteiger partial charge < -0.3 is 4.98 Å². The van der Waals surface area contributed by atoms with Crippen molar-refractivity contribution in [1.82, 2.24) is 14.5 Å². The Hall–Kier alpha value is -1.24. The van der Waals surface area contributed by atoms with Crippen molar-refractivity contribution in [3.63, 3.8) is 0 Å². The largest absolute Gasteiger partial charge is 0.329 e. The minimum Gasteiger partial charge on any atom is -0.329 e. The summed E-state index contributed by atoms with van der Waals surface area (Å²) in [6.07, 6.45) is 1.54. The lowest BCUT2D eigenvalue weighted by atomic mass is 10.3. The van der Waals surface area contributed by atoms with Crippen LogP contribution in [0, 0.1) is 10.6 Å². The number of H-pyrrole nitrogens is 1. The van der Waals surface area contributed by atoms with E-state index in [0.717, 1.165) is 11.2 Å². The van der Waals surface area contributed by atoms with E-state index in [2.05, 4.69) is 25.9 Å². The van der Waals surface area contributed by atoms with Gasteiger partial charge in [-0.05, 0) is 52.4 Å². The standard InChI is InChI=1S/C12H6BrClFN3S/c13-8-4-7(1-2-9(8)15)18-11-10(17-12(18)19)3-6(14)5-16-11/h1-5H,(H,17,19). The minimum atomic E-state index is -0.328. The van der Waals surface area contributed by atoms with Gasteiger partial charge in [0.1, 0.15) is 5.82 Å². The third-order valence-corrected chi connectivity index (χ3v) is 3.75. The maximum Gasteiger partial charge on any atom is 0.183 e. The average molecular weight is 359 g/mol. The smallest absolute Gasteiger partial charge is 0.183 e. The van der Waals surface area contributed by atoms with Crippen molar-refractivity contribution < 1.29 is 4.39 Å². The second-order valence-electron chi connectivity index (χ2n) is 3.89. The summed E-state index contributed by atoms with van der Waals surface area (Å²) >= 11 is 14.3. The van der Waals surface area contributed by atoms with Gasteiger partial charge in [0.15, 0.2) is 10.4 Å². The highest BCUT2D eigenvalue weighted by molar-refractivity contribution is 9.10. The molecule has 0 unspecified atom stereocenters. The average Bonchev–Trinajstić information content (AvgIpc) is 2.68. The van der Waals surface area contributed by atoms with Gasteiger partial charge >= 0.3 is 0 Å². The number of pyridine rings is 1. The molecule has 0 radical (unpaired) electrons. The maximum absolute atomic E-state index is 13.3. The fourth-order valence-electron chi connectivity index (χ4n) is 1.83. The topological polar surface area (TPSA) is 33.6 Å². The molecular formula is C12H6BrClFN3S. The van der Waals surface area contributed by atoms with Gasteiger partial charge in [-0.25, -0.2) is 9.37 Å². The normalized spacial score (nSPS) is 11.1. The van der Waals surface area contributed by atoms with Crippen molar-refractivity contribution in [2.75, 3.05) is 0 Å². The first-order valence-electron chi connectivity index (χ1n) is 5.28. The van der Waals surface area contributed by atoms with Crippen LogP contribution in [0.25, 0.3) is 16.9 Å². The van der Waals surface area contributed by atoms with Crippen LogP contribution in [0.1, 0.15) is 0 Å². The second-order valence-corrected chi connectivity index (χ2v) is 5.57. The van der Waals surface area contributed by atoms with E-state index in [-0.39, 0.29) is 5.82 Å². The first kappa shape index (κ1) is 12.8. The van der Waals surface area contributed by atoms with E-state index < -0.39 is 0 Å². The molecule has 19 heavy (non-hydrogen) atoms. The van der Waals surface area contributed by atoms with Gasteiger partial charge in [0, 0.05) is 6.20 Å². The number of nitrogens with zero attached hydrogens (tertiary/aromatic N) is 2. The molecule has 0 amide bonds. The Bertz CT molecular complexity index is 843. The summed E-state index contributed by atoms with van der Waals surface area (Å²) < 4.78 is 15.9. The van der Waals surface area contributed by atoms with Crippen molar-refractivity contribution >= 4 is 50.9 Å². The zero-order valence-corrected chi connectivity index (χ0v) is 12.5. The Morgan fingerprint density at radius 1 is 1.37 bits per heavy atom. The minimum absolute atomic E-state index is 0.328. The van der Waals surface area contributed by atoms with Crippen LogP contribution in [0.15, 0.2) is 34.9 Å². The van der Waals surface area contributed by atoms with Crippen LogP contribution in [0.5, 0.6) is 0 Å². The molecule has 3 rings (SSSR count). The molecule has 0 atom stereocenters. The highest BCUT2D eigenvalue weighted by atomic mass is 79.9. The summed E-state index contributed by atoms with van der Waals surface area (Å²) in [4.78, 5) is 7.28. The number of fused-ring (bicyclic) bond motifs is 1. The number of nitrogens with one attached hydrogen (secondary N) is 1. The van der Waals surface area contributed by atoms with Crippen LogP contribution in [-0.4, -0.2) is 14.5 Å². The van der Waals surface area contributed by atoms with Gasteiger partial charge in [0.25, 0.3) is 0 Å². The molecule has 3 nitrogen and oxygen atoms in total. The summed E-state index contributed by atoms with van der Waals surface area (Å²) in [5, 5.41) is 0.524. The monoisotopic (exact) mass is 357 g/mol. The summed E-state index contributed by atoms with van der Waals surface area (Å²) in [7, 11) is 0. The van der Waals surface area contributed by atoms with Crippen molar-refractivity contribution in [3.8, 4) is 5.69 Å². The van der Waals surface area contributed by atoms with E-state index in [4.69, 9.17) is 23.8 Å². The fourth-order valence-corrected chi connectivity index (χ4v) is 2.66. The van der Waals surface area contributed by atoms with Crippen LogP contribution in [0.2, 0.25) is 5.02 Å². The quantitative estimate of drug-likeness (QED) is 0.643. The van der Waals surface area contributed by atoms with Crippen molar-refractivity contribution in [3.05, 3.63) is 50.5 Å². The number of aromatic nitrogens is 3. The van der Waals surface area contributed by atoms with Gasteiger partial charge in [-0.2, -0.15) is 0 Å². The summed E-state index contributed by atoms with van der Waals surface area (Å²) in [6.45, 7) is 0. The number of hydrogen-bond acceptors (Lipinski definition) is 2. The third kappa shape index (κ3) is 2.20. The lowest BCUT2D eigenvalue weighted by Gasteiger charge is -2.05. The number of halogens is 3. The molecule has 2 aromatic heterocycles. The second kappa shape index (κ2) is 4.70. The number of imidazole rings is 1. The Morgan fingerprint density at radius 3 is 2.89 bits per heavy atom. The fraction of sp³-hybridized carbons (Fsp3) is 0. The molecule has 0 aliphatic rings. The van der Waals surface area contributed by atoms with E-state index in [1.54, 1.807) is 29.0 Å². The molecule has 0 aliphatic carbocycles. The Balaban J connectivity index is 2.32. The van der Waals surface area contributed by atoms with Crippen LogP contribution >= 0.6 is 39.7 Å². The van der Waals surface area contributed by atoms with Crippen molar-refractivity contribution in [1.29, 1.82) is 0 Å². The highest BCUT2D eigenvalue weighted by Gasteiger charge is 2.10. The first-order valence-corrected chi connectivity index (χ1v) is 6.86. The molecule has 0 saturated heterocycles. The van der Waals surface area contributed by atoms with Crippen molar-refractivity contribution in [2.24, 2.45) is 0 Å². The van der Waals surface area contributed by atoms with Gasteiger partial charge in [-0.1, -0.05) is 11.6 Å². The molecule has 1 aromatic carbocycles. The molecular weight excluding hydrogens is 353 g/mol. The zero-order valence-electron chi connectivity index (χ0n) is 9.32. The molecule has 1 N–H and O–H groups in total. The molecule has 0 spiro atoms.